The first-order valence-corrected chi connectivity index (χ1v) is 8.56. The molecule has 0 spiro atoms. The van der Waals surface area contributed by atoms with Crippen molar-refractivity contribution in [2.75, 3.05) is 6.54 Å². The Hall–Kier alpha value is -2.11. The summed E-state index contributed by atoms with van der Waals surface area (Å²) in [6.45, 7) is 9.26. The molecular formula is C19H27FN2O3. The number of aryl methyl sites for hydroxylation is 1. The molecule has 25 heavy (non-hydrogen) atoms. The number of carbonyl (C=O) groups excluding carboxylic acids is 2. The minimum atomic E-state index is -0.649. The average Bonchev–Trinajstić information content (AvgIpc) is 3.31. The van der Waals surface area contributed by atoms with Gasteiger partial charge in [0.05, 0.1) is 11.1 Å². The number of hydrogen-bond acceptors (Lipinski definition) is 3. The fourth-order valence-corrected chi connectivity index (χ4v) is 2.72. The maximum absolute atomic E-state index is 14.0. The van der Waals surface area contributed by atoms with E-state index in [1.54, 1.807) is 33.8 Å². The zero-order valence-corrected chi connectivity index (χ0v) is 15.5. The molecule has 138 valence electrons. The van der Waals surface area contributed by atoms with Crippen LogP contribution in [-0.4, -0.2) is 29.7 Å². The largest absolute Gasteiger partial charge is 0.444 e. The van der Waals surface area contributed by atoms with Gasteiger partial charge in [0, 0.05) is 6.54 Å². The quantitative estimate of drug-likeness (QED) is 0.853. The predicted molar refractivity (Wildman–Crippen MR) is 94.0 cm³/mol. The number of nitrogens with one attached hydrogen (secondary N) is 2. The molecule has 0 heterocycles. The summed E-state index contributed by atoms with van der Waals surface area (Å²) in [5.74, 6) is -0.776. The van der Waals surface area contributed by atoms with E-state index in [0.717, 1.165) is 18.4 Å². The Bertz CT molecular complexity index is 665. The first kappa shape index (κ1) is 19.2. The van der Waals surface area contributed by atoms with E-state index in [-0.39, 0.29) is 18.0 Å². The van der Waals surface area contributed by atoms with Gasteiger partial charge in [-0.25, -0.2) is 9.18 Å². The van der Waals surface area contributed by atoms with Gasteiger partial charge in [-0.2, -0.15) is 0 Å². The van der Waals surface area contributed by atoms with Crippen molar-refractivity contribution in [3.8, 4) is 0 Å². The average molecular weight is 350 g/mol. The fourth-order valence-electron chi connectivity index (χ4n) is 2.72. The van der Waals surface area contributed by atoms with Gasteiger partial charge in [0.2, 0.25) is 0 Å². The van der Waals surface area contributed by atoms with Gasteiger partial charge in [0.15, 0.2) is 0 Å². The van der Waals surface area contributed by atoms with Crippen molar-refractivity contribution < 1.29 is 18.7 Å². The van der Waals surface area contributed by atoms with Crippen molar-refractivity contribution in [3.63, 3.8) is 0 Å². The third-order valence-electron chi connectivity index (χ3n) is 4.24. The van der Waals surface area contributed by atoms with Gasteiger partial charge < -0.3 is 15.4 Å². The second-order valence-corrected chi connectivity index (χ2v) is 7.98. The summed E-state index contributed by atoms with van der Waals surface area (Å²) in [5.41, 5.74) is -0.409. The van der Waals surface area contributed by atoms with Crippen LogP contribution in [0.1, 0.15) is 56.5 Å². The highest BCUT2D eigenvalue weighted by Crippen LogP contribution is 2.39. The van der Waals surface area contributed by atoms with E-state index >= 15 is 0 Å². The Balaban J connectivity index is 2.05. The molecule has 2 amide bonds. The van der Waals surface area contributed by atoms with Crippen LogP contribution in [0.15, 0.2) is 18.2 Å². The van der Waals surface area contributed by atoms with Crippen LogP contribution in [0, 0.1) is 18.7 Å². The van der Waals surface area contributed by atoms with Crippen molar-refractivity contribution in [2.45, 2.75) is 58.6 Å². The summed E-state index contributed by atoms with van der Waals surface area (Å²) in [7, 11) is 0. The maximum atomic E-state index is 14.0. The zero-order chi connectivity index (χ0) is 18.8. The number of carbonyl (C=O) groups is 2. The van der Waals surface area contributed by atoms with Gasteiger partial charge in [-0.1, -0.05) is 11.6 Å². The second kappa shape index (κ2) is 7.02. The molecule has 2 N–H and O–H groups in total. The molecule has 1 saturated carbocycles. The lowest BCUT2D eigenvalue weighted by molar-refractivity contribution is 0.0502. The smallest absolute Gasteiger partial charge is 0.407 e. The number of hydrogen-bond donors (Lipinski definition) is 2. The molecule has 1 aromatic carbocycles. The van der Waals surface area contributed by atoms with Crippen LogP contribution >= 0.6 is 0 Å². The Labute approximate surface area is 148 Å². The Morgan fingerprint density at radius 2 is 1.88 bits per heavy atom. The molecule has 0 aromatic heterocycles. The molecule has 1 atom stereocenters. The number of ether oxygens (including phenoxy) is 1. The van der Waals surface area contributed by atoms with E-state index in [1.807, 2.05) is 6.92 Å². The van der Waals surface area contributed by atoms with Crippen LogP contribution in [0.2, 0.25) is 0 Å². The standard InChI is InChI=1S/C19H27FN2O3/c1-12-6-9-15(20)14(10-12)16(23)22-19(5,13-7-8-13)11-21-17(24)25-18(2,3)4/h6,9-10,13H,7-8,11H2,1-5H3,(H,21,24)(H,22,23). The van der Waals surface area contributed by atoms with Gasteiger partial charge in [-0.05, 0) is 65.5 Å². The number of benzene rings is 1. The van der Waals surface area contributed by atoms with Crippen molar-refractivity contribution in [3.05, 3.63) is 35.1 Å². The van der Waals surface area contributed by atoms with E-state index in [0.29, 0.717) is 0 Å². The molecule has 2 rings (SSSR count). The Kier molecular flexibility index (Phi) is 5.40. The number of rotatable bonds is 5. The summed E-state index contributed by atoms with van der Waals surface area (Å²) in [4.78, 5) is 24.4. The number of alkyl carbamates (subject to hydrolysis) is 1. The third kappa shape index (κ3) is 5.44. The summed E-state index contributed by atoms with van der Waals surface area (Å²) < 4.78 is 19.2. The lowest BCUT2D eigenvalue weighted by atomic mass is 9.94. The van der Waals surface area contributed by atoms with Crippen LogP contribution in [-0.2, 0) is 4.74 Å². The topological polar surface area (TPSA) is 67.4 Å². The van der Waals surface area contributed by atoms with Gasteiger partial charge in [0.1, 0.15) is 11.4 Å². The van der Waals surface area contributed by atoms with Crippen LogP contribution in [0.3, 0.4) is 0 Å². The van der Waals surface area contributed by atoms with E-state index in [9.17, 15) is 14.0 Å². The van der Waals surface area contributed by atoms with Crippen molar-refractivity contribution in [1.82, 2.24) is 10.6 Å². The molecule has 0 radical (unpaired) electrons. The third-order valence-corrected chi connectivity index (χ3v) is 4.24. The molecule has 1 aliphatic rings. The highest BCUT2D eigenvalue weighted by molar-refractivity contribution is 5.95. The van der Waals surface area contributed by atoms with E-state index < -0.39 is 29.0 Å². The molecule has 1 aliphatic carbocycles. The lowest BCUT2D eigenvalue weighted by Gasteiger charge is -2.32. The van der Waals surface area contributed by atoms with Crippen LogP contribution in [0.4, 0.5) is 9.18 Å². The number of amides is 2. The Morgan fingerprint density at radius 3 is 2.44 bits per heavy atom. The van der Waals surface area contributed by atoms with Crippen LogP contribution in [0.25, 0.3) is 0 Å². The van der Waals surface area contributed by atoms with E-state index in [1.165, 1.54) is 12.1 Å². The molecule has 0 bridgehead atoms. The first-order valence-electron chi connectivity index (χ1n) is 8.56. The van der Waals surface area contributed by atoms with Crippen LogP contribution in [0.5, 0.6) is 0 Å². The monoisotopic (exact) mass is 350 g/mol. The minimum absolute atomic E-state index is 0.0177. The van der Waals surface area contributed by atoms with Crippen molar-refractivity contribution in [1.29, 1.82) is 0 Å². The highest BCUT2D eigenvalue weighted by atomic mass is 19.1. The maximum Gasteiger partial charge on any atom is 0.407 e. The fraction of sp³-hybridized carbons (Fsp3) is 0.579. The molecular weight excluding hydrogens is 323 g/mol. The molecule has 0 aliphatic heterocycles. The van der Waals surface area contributed by atoms with Crippen molar-refractivity contribution >= 4 is 12.0 Å². The normalized spacial score (nSPS) is 16.7. The molecule has 6 heteroatoms. The SMILES string of the molecule is Cc1ccc(F)c(C(=O)NC(C)(CNC(=O)OC(C)(C)C)C2CC2)c1. The minimum Gasteiger partial charge on any atom is -0.444 e. The molecule has 1 aromatic rings. The summed E-state index contributed by atoms with van der Waals surface area (Å²) >= 11 is 0. The highest BCUT2D eigenvalue weighted by Gasteiger charge is 2.43. The summed E-state index contributed by atoms with van der Waals surface area (Å²) in [6.07, 6.45) is 1.39. The van der Waals surface area contributed by atoms with E-state index in [4.69, 9.17) is 4.74 Å². The molecule has 5 nitrogen and oxygen atoms in total. The molecule has 0 saturated heterocycles. The van der Waals surface area contributed by atoms with E-state index in [2.05, 4.69) is 10.6 Å². The predicted octanol–water partition coefficient (Wildman–Crippen LogP) is 3.56. The summed E-state index contributed by atoms with van der Waals surface area (Å²) in [5, 5.41) is 5.62. The second-order valence-electron chi connectivity index (χ2n) is 7.98. The zero-order valence-electron chi connectivity index (χ0n) is 15.5. The lowest BCUT2D eigenvalue weighted by Crippen LogP contribution is -2.55. The van der Waals surface area contributed by atoms with Gasteiger partial charge >= 0.3 is 6.09 Å². The molecule has 1 unspecified atom stereocenters. The van der Waals surface area contributed by atoms with Crippen molar-refractivity contribution in [2.24, 2.45) is 5.92 Å². The van der Waals surface area contributed by atoms with Crippen LogP contribution < -0.4 is 10.6 Å². The summed E-state index contributed by atoms with van der Waals surface area (Å²) in [6, 6.07) is 4.44. The van der Waals surface area contributed by atoms with Gasteiger partial charge in [0.25, 0.3) is 5.91 Å². The Morgan fingerprint density at radius 1 is 1.24 bits per heavy atom. The first-order chi connectivity index (χ1) is 11.5. The molecule has 1 fully saturated rings. The number of halogens is 1. The van der Waals surface area contributed by atoms with Gasteiger partial charge in [-0.3, -0.25) is 4.79 Å². The van der Waals surface area contributed by atoms with Gasteiger partial charge in [-0.15, -0.1) is 0 Å².